The van der Waals surface area contributed by atoms with E-state index in [9.17, 15) is 120 Å². The quantitative estimate of drug-likeness (QED) is 0.00855. The van der Waals surface area contributed by atoms with Crippen LogP contribution < -0.4 is 4.74 Å². The topological polar surface area (TPSA) is 541 Å². The summed E-state index contributed by atoms with van der Waals surface area (Å²) in [6.07, 6.45) is 0.913. The zero-order valence-corrected chi connectivity index (χ0v) is 75.4. The number of amides is 20. The zero-order valence-electron chi connectivity index (χ0n) is 76.4. The van der Waals surface area contributed by atoms with Crippen LogP contribution in [0.2, 0.25) is 0 Å². The highest BCUT2D eigenvalue weighted by atomic mass is 19.1. The molecule has 0 aliphatic heterocycles. The Labute approximate surface area is 731 Å². The number of benzene rings is 1. The normalized spacial score (nSPS) is 10.4. The molecule has 0 unspecified atom stereocenters. The van der Waals surface area contributed by atoms with E-state index in [-0.39, 0.29) is 62.5 Å². The van der Waals surface area contributed by atoms with Gasteiger partial charge in [-0.15, -0.1) is 0 Å². The van der Waals surface area contributed by atoms with Crippen LogP contribution >= 0.6 is 0 Å². The number of azide groups is 1. The number of ether oxygens (including phenoxy) is 1. The van der Waals surface area contributed by atoms with Crippen molar-refractivity contribution in [2.24, 2.45) is 5.11 Å². The van der Waals surface area contributed by atoms with E-state index >= 15 is 0 Å². The van der Waals surface area contributed by atoms with Gasteiger partial charge in [0.25, 0.3) is 5.69 Å². The number of nitrogens with zero attached hydrogens (tertiary/aromatic N) is 24. The van der Waals surface area contributed by atoms with Crippen LogP contribution in [-0.4, -0.2) is 518 Å². The number of hydrogen-bond acceptors (Lipinski definition) is 26. The number of nitro groups is 1. The molecule has 0 saturated carbocycles. The summed E-state index contributed by atoms with van der Waals surface area (Å²) in [7, 11) is 24.8. The van der Waals surface area contributed by atoms with Crippen molar-refractivity contribution in [2.45, 2.75) is 38.5 Å². The second kappa shape index (κ2) is 56.2. The van der Waals surface area contributed by atoms with Gasteiger partial charge in [0, 0.05) is 184 Å². The molecular weight excluding hydrogens is 1670 g/mol. The molecule has 0 fully saturated rings. The number of nitro benzene ring substituents is 1. The maximum absolute atomic E-state index is 13.2. The number of halogens is 1. The number of esters is 1. The molecule has 1 rings (SSSR count). The molecule has 0 aromatic heterocycles. The minimum absolute atomic E-state index is 0.0656. The van der Waals surface area contributed by atoms with Gasteiger partial charge in [0.1, 0.15) is 5.75 Å². The molecule has 0 aliphatic carbocycles. The number of likely N-dealkylation sites (N-methyl/N-ethyl adjacent to an activating group) is 20. The first-order valence-corrected chi connectivity index (χ1v) is 38.7. The lowest BCUT2D eigenvalue weighted by Gasteiger charge is -2.28. The highest BCUT2D eigenvalue weighted by Crippen LogP contribution is 2.19. The molecule has 702 valence electrons. The number of carbonyl (C=O) groups is 22. The predicted molar refractivity (Wildman–Crippen MR) is 445 cm³/mol. The van der Waals surface area contributed by atoms with Crippen molar-refractivity contribution < 1.29 is 121 Å². The van der Waals surface area contributed by atoms with E-state index < -0.39 is 254 Å². The molecule has 0 atom stereocenters. The molecule has 126 heavy (non-hydrogen) atoms. The van der Waals surface area contributed by atoms with E-state index in [4.69, 9.17) is 11.6 Å². The summed E-state index contributed by atoms with van der Waals surface area (Å²) in [5, 5.41) is 14.2. The predicted octanol–water partition coefficient (Wildman–Crippen LogP) is -6.53. The molecule has 20 amide bonds. The minimum Gasteiger partial charge on any atom is -0.427 e. The maximum Gasteiger partial charge on any atom is 0.311 e. The number of non-ortho nitro benzene ring substituents is 1. The number of Topliss-reactive ketones (excluding diaryl/α,β-unsaturated/α-hetero) is 1. The molecule has 1 aromatic rings. The Bertz CT molecular complexity index is 4160. The third-order valence-corrected chi connectivity index (χ3v) is 19.1. The first-order chi connectivity index (χ1) is 59.0. The average Bonchev–Trinajstić information content (AvgIpc) is 0.875. The maximum atomic E-state index is 13.2. The van der Waals surface area contributed by atoms with Gasteiger partial charge in [0.15, 0.2) is 5.78 Å². The molecule has 50 heteroatoms. The Morgan fingerprint density at radius 1 is 0.302 bits per heavy atom. The number of alkyl halides is 1. The van der Waals surface area contributed by atoms with E-state index in [1.807, 2.05) is 0 Å². The summed E-state index contributed by atoms with van der Waals surface area (Å²) in [6.45, 7) is -9.86. The monoisotopic (exact) mass is 1790 g/mol. The highest BCUT2D eigenvalue weighted by molar-refractivity contribution is 5.97. The number of ketones is 1. The third-order valence-electron chi connectivity index (χ3n) is 19.1. The largest absolute Gasteiger partial charge is 0.427 e. The van der Waals surface area contributed by atoms with Crippen LogP contribution in [-0.2, 0) is 105 Å². The van der Waals surface area contributed by atoms with Crippen molar-refractivity contribution in [3.63, 3.8) is 0 Å². The lowest BCUT2D eigenvalue weighted by atomic mass is 10.1. The van der Waals surface area contributed by atoms with E-state index in [0.29, 0.717) is 12.8 Å². The van der Waals surface area contributed by atoms with Crippen LogP contribution in [0, 0.1) is 10.1 Å². The highest BCUT2D eigenvalue weighted by Gasteiger charge is 2.32. The Balaban J connectivity index is 0.0000521. The molecule has 49 nitrogen and oxygen atoms in total. The molecule has 0 saturated heterocycles. The van der Waals surface area contributed by atoms with Crippen LogP contribution in [0.3, 0.4) is 0 Å². The van der Waals surface area contributed by atoms with E-state index in [2.05, 4.69) is 10.0 Å². The van der Waals surface area contributed by atoms with Crippen molar-refractivity contribution in [1.82, 2.24) is 98.0 Å². The molecule has 1 aromatic carbocycles. The fraction of sp³-hybridized carbons (Fsp3) is 0.632. The van der Waals surface area contributed by atoms with Crippen molar-refractivity contribution in [3.8, 4) is 5.75 Å². The van der Waals surface area contributed by atoms with Crippen LogP contribution in [0.15, 0.2) is 29.4 Å². The van der Waals surface area contributed by atoms with Gasteiger partial charge in [-0.1, -0.05) is 5.11 Å². The summed E-state index contributed by atoms with van der Waals surface area (Å²) in [5.41, 5.74) is 8.17. The van der Waals surface area contributed by atoms with Crippen molar-refractivity contribution >= 4 is 136 Å². The van der Waals surface area contributed by atoms with Gasteiger partial charge < -0.3 is 103 Å². The summed E-state index contributed by atoms with van der Waals surface area (Å²) < 4.78 is 20.6. The van der Waals surface area contributed by atoms with Gasteiger partial charge in [-0.05, 0) is 36.9 Å². The molecular formula is C76H121FN24O25. The Morgan fingerprint density at radius 2 is 0.476 bits per heavy atom. The molecule has 0 aliphatic rings. The molecule has 0 radical (unpaired) electrons. The SMILES string of the molecule is CN(CC(=O)CCCCN=[N+]=[N-])C(=O)CN(C)C(=O)CN(C)C(=O)CN(C)C(=O)CN(C)C(=O)CN(C)C(=O)CN(C)C(=O)CN(C)C(=O)CN(C)C(=O)CN(C)C(=O)CN(C)C(=O)CN(C)C(=O)CN(C)C(=O)CN(C)C(=O)CN(C)C(=O)CN(C)C(=O)CN(C)C(=O)CN(C)C(=O)CN(C)C(=O)CN(C)C(=O)CCCC(=O)Oc1ccc([N+](=O)[O-])cc1.[2H]CF. The summed E-state index contributed by atoms with van der Waals surface area (Å²) >= 11 is 0. The smallest absolute Gasteiger partial charge is 0.311 e. The van der Waals surface area contributed by atoms with Crippen molar-refractivity contribution in [3.05, 3.63) is 44.8 Å². The fourth-order valence-corrected chi connectivity index (χ4v) is 10.2. The first-order valence-electron chi connectivity index (χ1n) is 39.4. The summed E-state index contributed by atoms with van der Waals surface area (Å²) in [6, 6.07) is 4.84. The summed E-state index contributed by atoms with van der Waals surface area (Å²) in [4.78, 5) is 319. The van der Waals surface area contributed by atoms with Gasteiger partial charge in [0.05, 0.1) is 144 Å². The van der Waals surface area contributed by atoms with Gasteiger partial charge in [-0.2, -0.15) is 0 Å². The Hall–Kier alpha value is -13.6. The second-order valence-electron chi connectivity index (χ2n) is 30.0. The fourth-order valence-electron chi connectivity index (χ4n) is 10.2. The van der Waals surface area contributed by atoms with E-state index in [1.54, 1.807) is 0 Å². The van der Waals surface area contributed by atoms with Gasteiger partial charge in [-0.3, -0.25) is 120 Å². The lowest BCUT2D eigenvalue weighted by molar-refractivity contribution is -0.384. The third kappa shape index (κ3) is 42.0. The Morgan fingerprint density at radius 3 is 0.651 bits per heavy atom. The van der Waals surface area contributed by atoms with Crippen LogP contribution in [0.1, 0.15) is 39.9 Å². The number of unbranched alkanes of at least 4 members (excludes halogenated alkanes) is 1. The average molecular weight is 1790 g/mol. The number of carbonyl (C=O) groups excluding carboxylic acids is 22. The zero-order chi connectivity index (χ0) is 97.7. The van der Waals surface area contributed by atoms with E-state index in [0.717, 1.165) is 105 Å². The van der Waals surface area contributed by atoms with Crippen LogP contribution in [0.25, 0.3) is 10.4 Å². The summed E-state index contributed by atoms with van der Waals surface area (Å²) in [5.74, 6) is -14.3. The first kappa shape index (κ1) is 110. The van der Waals surface area contributed by atoms with E-state index in [1.165, 1.54) is 158 Å². The minimum atomic E-state index is -1.00. The van der Waals surface area contributed by atoms with Crippen LogP contribution in [0.5, 0.6) is 5.75 Å². The second-order valence-corrected chi connectivity index (χ2v) is 30.0. The van der Waals surface area contributed by atoms with Gasteiger partial charge in [0.2, 0.25) is 118 Å². The molecule has 0 N–H and O–H groups in total. The molecule has 0 spiro atoms. The van der Waals surface area contributed by atoms with Gasteiger partial charge >= 0.3 is 5.97 Å². The number of rotatable bonds is 51. The van der Waals surface area contributed by atoms with Crippen LogP contribution in [0.4, 0.5) is 10.1 Å². The number of hydrogen-bond donors (Lipinski definition) is 0. The lowest BCUT2D eigenvalue weighted by Crippen LogP contribution is -2.50. The standard InChI is InChI=1S/C75H118N24O25.CH3F/c1-79(32-53(100)24-21-22-31-77-78-76)56(102)34-81(3)58(104)36-83(5)60(106)38-85(7)62(108)40-87(9)64(110)42-89(11)66(112)44-91(13)68(114)46-93(15)70(116)48-95(17)72(118)50-97(19)74(120)51-98(20)73(119)49-96(18)71(117)47-94(16)69(115)45-92(14)67(113)43-90(12)65(111)41-88(10)63(109)39-86(8)61(107)37-84(6)59(105)35-82(4)57(103)33-80(2)55(101)25-23-26-75(121)124-54-29-27-52(28-30-54)99(122)123;1-2/h27-30H,21-26,31-51H2,1-20H3;1H3/i;1D. The molecule has 0 bridgehead atoms. The van der Waals surface area contributed by atoms with Gasteiger partial charge in [-0.25, -0.2) is 0 Å². The van der Waals surface area contributed by atoms with Crippen molar-refractivity contribution in [1.29, 1.82) is 0 Å². The molecule has 0 heterocycles. The van der Waals surface area contributed by atoms with Crippen molar-refractivity contribution in [2.75, 3.05) is 286 Å². The Kier molecular flexibility index (Phi) is 49.3.